The summed E-state index contributed by atoms with van der Waals surface area (Å²) in [5.41, 5.74) is 1.33. The van der Waals surface area contributed by atoms with E-state index in [9.17, 15) is 9.18 Å². The SMILES string of the molecule is Cc1cc(F)c(Br)cc1NC(=O)CCNC(C)(C)C. The van der Waals surface area contributed by atoms with Gasteiger partial charge in [-0.05, 0) is 61.3 Å². The van der Waals surface area contributed by atoms with Gasteiger partial charge in [0, 0.05) is 24.2 Å². The predicted octanol–water partition coefficient (Wildman–Crippen LogP) is 3.61. The highest BCUT2D eigenvalue weighted by Crippen LogP contribution is 2.24. The summed E-state index contributed by atoms with van der Waals surface area (Å²) in [4.78, 5) is 11.8. The summed E-state index contributed by atoms with van der Waals surface area (Å²) in [5.74, 6) is -0.414. The third kappa shape index (κ3) is 5.70. The molecular formula is C14H20BrFN2O. The first-order valence-electron chi connectivity index (χ1n) is 6.19. The lowest BCUT2D eigenvalue weighted by molar-refractivity contribution is -0.116. The number of carbonyl (C=O) groups excluding carboxylic acids is 1. The molecule has 1 aromatic carbocycles. The first-order valence-corrected chi connectivity index (χ1v) is 6.99. The van der Waals surface area contributed by atoms with Crippen molar-refractivity contribution < 1.29 is 9.18 Å². The molecule has 19 heavy (non-hydrogen) atoms. The molecule has 0 aliphatic rings. The molecule has 3 nitrogen and oxygen atoms in total. The number of aryl methyl sites for hydroxylation is 1. The maximum atomic E-state index is 13.3. The lowest BCUT2D eigenvalue weighted by Crippen LogP contribution is -2.37. The first-order chi connectivity index (χ1) is 8.69. The van der Waals surface area contributed by atoms with Crippen molar-refractivity contribution in [2.75, 3.05) is 11.9 Å². The minimum absolute atomic E-state index is 0.00486. The second-order valence-corrected chi connectivity index (χ2v) is 6.41. The lowest BCUT2D eigenvalue weighted by atomic mass is 10.1. The Bertz CT molecular complexity index is 469. The summed E-state index contributed by atoms with van der Waals surface area (Å²) in [6, 6.07) is 2.98. The highest BCUT2D eigenvalue weighted by molar-refractivity contribution is 9.10. The van der Waals surface area contributed by atoms with Crippen LogP contribution in [0.4, 0.5) is 10.1 Å². The number of hydrogen-bond donors (Lipinski definition) is 2. The van der Waals surface area contributed by atoms with Crippen LogP contribution < -0.4 is 10.6 Å². The topological polar surface area (TPSA) is 41.1 Å². The van der Waals surface area contributed by atoms with Crippen molar-refractivity contribution in [3.63, 3.8) is 0 Å². The van der Waals surface area contributed by atoms with Crippen molar-refractivity contribution in [2.24, 2.45) is 0 Å². The number of anilines is 1. The average molecular weight is 331 g/mol. The highest BCUT2D eigenvalue weighted by atomic mass is 79.9. The molecule has 2 N–H and O–H groups in total. The monoisotopic (exact) mass is 330 g/mol. The van der Waals surface area contributed by atoms with Crippen molar-refractivity contribution in [1.29, 1.82) is 0 Å². The van der Waals surface area contributed by atoms with Crippen LogP contribution in [0.15, 0.2) is 16.6 Å². The van der Waals surface area contributed by atoms with Crippen molar-refractivity contribution >= 4 is 27.5 Å². The number of carbonyl (C=O) groups is 1. The van der Waals surface area contributed by atoms with Gasteiger partial charge < -0.3 is 10.6 Å². The summed E-state index contributed by atoms with van der Waals surface area (Å²) in [7, 11) is 0. The Labute approximate surface area is 122 Å². The average Bonchev–Trinajstić information content (AvgIpc) is 2.24. The van der Waals surface area contributed by atoms with Gasteiger partial charge >= 0.3 is 0 Å². The Balaban J connectivity index is 2.56. The van der Waals surface area contributed by atoms with E-state index in [1.165, 1.54) is 6.07 Å². The molecule has 0 radical (unpaired) electrons. The zero-order valence-electron chi connectivity index (χ0n) is 11.7. The van der Waals surface area contributed by atoms with Gasteiger partial charge in [-0.1, -0.05) is 0 Å². The molecular weight excluding hydrogens is 311 g/mol. The molecule has 1 aromatic rings. The maximum Gasteiger partial charge on any atom is 0.225 e. The van der Waals surface area contributed by atoms with E-state index in [-0.39, 0.29) is 17.3 Å². The van der Waals surface area contributed by atoms with Gasteiger partial charge in [-0.25, -0.2) is 4.39 Å². The normalized spacial score (nSPS) is 11.5. The van der Waals surface area contributed by atoms with Crippen LogP contribution in [0.2, 0.25) is 0 Å². The molecule has 0 saturated carbocycles. The molecule has 0 unspecified atom stereocenters. The fraction of sp³-hybridized carbons (Fsp3) is 0.500. The molecule has 0 fully saturated rings. The van der Waals surface area contributed by atoms with Gasteiger partial charge in [-0.3, -0.25) is 4.79 Å². The second kappa shape index (κ2) is 6.48. The van der Waals surface area contributed by atoms with E-state index in [4.69, 9.17) is 0 Å². The molecule has 1 amide bonds. The van der Waals surface area contributed by atoms with Crippen LogP contribution in [-0.4, -0.2) is 18.0 Å². The minimum Gasteiger partial charge on any atom is -0.326 e. The van der Waals surface area contributed by atoms with Crippen molar-refractivity contribution in [3.8, 4) is 0 Å². The third-order valence-electron chi connectivity index (χ3n) is 2.55. The largest absolute Gasteiger partial charge is 0.326 e. The van der Waals surface area contributed by atoms with Crippen LogP contribution in [0.25, 0.3) is 0 Å². The van der Waals surface area contributed by atoms with E-state index >= 15 is 0 Å². The molecule has 1 rings (SSSR count). The number of rotatable bonds is 4. The lowest BCUT2D eigenvalue weighted by Gasteiger charge is -2.20. The molecule has 0 aliphatic heterocycles. The zero-order valence-corrected chi connectivity index (χ0v) is 13.3. The van der Waals surface area contributed by atoms with Gasteiger partial charge in [0.25, 0.3) is 0 Å². The van der Waals surface area contributed by atoms with Crippen LogP contribution in [0.3, 0.4) is 0 Å². The van der Waals surface area contributed by atoms with Crippen molar-refractivity contribution in [2.45, 2.75) is 39.7 Å². The highest BCUT2D eigenvalue weighted by Gasteiger charge is 2.11. The van der Waals surface area contributed by atoms with E-state index in [0.717, 1.165) is 0 Å². The van der Waals surface area contributed by atoms with Gasteiger partial charge in [-0.2, -0.15) is 0 Å². The van der Waals surface area contributed by atoms with Crippen LogP contribution >= 0.6 is 15.9 Å². The predicted molar refractivity (Wildman–Crippen MR) is 79.8 cm³/mol. The number of benzene rings is 1. The molecule has 0 spiro atoms. The Morgan fingerprint density at radius 3 is 2.58 bits per heavy atom. The number of halogens is 2. The van der Waals surface area contributed by atoms with Crippen LogP contribution in [-0.2, 0) is 4.79 Å². The molecule has 0 saturated heterocycles. The smallest absolute Gasteiger partial charge is 0.225 e. The number of hydrogen-bond acceptors (Lipinski definition) is 2. The molecule has 0 atom stereocenters. The molecule has 5 heteroatoms. The maximum absolute atomic E-state index is 13.3. The van der Waals surface area contributed by atoms with Crippen LogP contribution in [0, 0.1) is 12.7 Å². The van der Waals surface area contributed by atoms with Gasteiger partial charge in [0.1, 0.15) is 5.82 Å². The molecule has 0 aromatic heterocycles. The third-order valence-corrected chi connectivity index (χ3v) is 3.16. The summed E-state index contributed by atoms with van der Waals surface area (Å²) in [6.07, 6.45) is 0.381. The van der Waals surface area contributed by atoms with Crippen LogP contribution in [0.5, 0.6) is 0 Å². The molecule has 0 bridgehead atoms. The van der Waals surface area contributed by atoms with Gasteiger partial charge in [0.2, 0.25) is 5.91 Å². The standard InChI is InChI=1S/C14H20BrFN2O/c1-9-7-11(16)10(15)8-12(9)18-13(19)5-6-17-14(2,3)4/h7-8,17H,5-6H2,1-4H3,(H,18,19). The number of amides is 1. The quantitative estimate of drug-likeness (QED) is 0.885. The Morgan fingerprint density at radius 1 is 1.37 bits per heavy atom. The summed E-state index contributed by atoms with van der Waals surface area (Å²) in [6.45, 7) is 8.51. The van der Waals surface area contributed by atoms with Crippen molar-refractivity contribution in [3.05, 3.63) is 28.0 Å². The fourth-order valence-electron chi connectivity index (χ4n) is 1.54. The van der Waals surface area contributed by atoms with E-state index in [0.29, 0.717) is 28.7 Å². The molecule has 0 aliphatic carbocycles. The van der Waals surface area contributed by atoms with E-state index in [1.807, 2.05) is 20.8 Å². The second-order valence-electron chi connectivity index (χ2n) is 5.56. The van der Waals surface area contributed by atoms with E-state index < -0.39 is 0 Å². The minimum atomic E-state index is -0.329. The van der Waals surface area contributed by atoms with Gasteiger partial charge in [-0.15, -0.1) is 0 Å². The Kier molecular flexibility index (Phi) is 5.50. The molecule has 106 valence electrons. The van der Waals surface area contributed by atoms with E-state index in [2.05, 4.69) is 26.6 Å². The van der Waals surface area contributed by atoms with E-state index in [1.54, 1.807) is 13.0 Å². The van der Waals surface area contributed by atoms with Gasteiger partial charge in [0.05, 0.1) is 4.47 Å². The summed E-state index contributed by atoms with van der Waals surface area (Å²) >= 11 is 3.11. The fourth-order valence-corrected chi connectivity index (χ4v) is 1.89. The van der Waals surface area contributed by atoms with Crippen LogP contribution in [0.1, 0.15) is 32.8 Å². The Hall–Kier alpha value is -0.940. The first kappa shape index (κ1) is 16.1. The summed E-state index contributed by atoms with van der Waals surface area (Å²) in [5, 5.41) is 6.03. The van der Waals surface area contributed by atoms with Crippen molar-refractivity contribution in [1.82, 2.24) is 5.32 Å². The molecule has 0 heterocycles. The zero-order chi connectivity index (χ0) is 14.6. The summed E-state index contributed by atoms with van der Waals surface area (Å²) < 4.78 is 13.6. The number of nitrogens with one attached hydrogen (secondary N) is 2. The Morgan fingerprint density at radius 2 is 2.00 bits per heavy atom. The van der Waals surface area contributed by atoms with Gasteiger partial charge in [0.15, 0.2) is 0 Å².